The maximum absolute atomic E-state index is 11.4. The van der Waals surface area contributed by atoms with Crippen LogP contribution in [0.5, 0.6) is 5.75 Å². The number of hydrogen-bond acceptors (Lipinski definition) is 4. The van der Waals surface area contributed by atoms with Gasteiger partial charge >= 0.3 is 0 Å². The van der Waals surface area contributed by atoms with E-state index in [2.05, 4.69) is 0 Å². The van der Waals surface area contributed by atoms with Crippen molar-refractivity contribution in [3.05, 3.63) is 29.3 Å². The Hall–Kier alpha value is -1.00. The highest BCUT2D eigenvalue weighted by atomic mass is 32.2. The van der Waals surface area contributed by atoms with E-state index in [-0.39, 0.29) is 18.3 Å². The molecule has 19 heavy (non-hydrogen) atoms. The van der Waals surface area contributed by atoms with Gasteiger partial charge in [-0.2, -0.15) is 11.8 Å². The maximum atomic E-state index is 11.4. The Kier molecular flexibility index (Phi) is 6.95. The lowest BCUT2D eigenvalue weighted by Gasteiger charge is -2.12. The summed E-state index contributed by atoms with van der Waals surface area (Å²) in [7, 11) is 0. The fourth-order valence-corrected chi connectivity index (χ4v) is 2.70. The molecule has 0 fully saturated rings. The van der Waals surface area contributed by atoms with E-state index in [4.69, 9.17) is 9.84 Å². The third-order valence-corrected chi connectivity index (χ3v) is 4.06. The van der Waals surface area contributed by atoms with Crippen LogP contribution in [0, 0.1) is 5.92 Å². The Balaban J connectivity index is 2.76. The summed E-state index contributed by atoms with van der Waals surface area (Å²) in [6, 6.07) is 5.58. The molecule has 1 rings (SSSR count). The predicted octanol–water partition coefficient (Wildman–Crippen LogP) is 3.15. The molecule has 0 aromatic heterocycles. The predicted molar refractivity (Wildman–Crippen MR) is 80.0 cm³/mol. The van der Waals surface area contributed by atoms with E-state index in [9.17, 15) is 4.79 Å². The van der Waals surface area contributed by atoms with Gasteiger partial charge < -0.3 is 9.84 Å². The highest BCUT2D eigenvalue weighted by Crippen LogP contribution is 2.26. The lowest BCUT2D eigenvalue weighted by molar-refractivity contribution is 0.101. The van der Waals surface area contributed by atoms with Crippen molar-refractivity contribution in [3.63, 3.8) is 0 Å². The molecule has 4 heteroatoms. The molecule has 0 aliphatic carbocycles. The van der Waals surface area contributed by atoms with Crippen molar-refractivity contribution in [1.29, 1.82) is 0 Å². The van der Waals surface area contributed by atoms with Gasteiger partial charge in [-0.05, 0) is 43.7 Å². The van der Waals surface area contributed by atoms with Gasteiger partial charge in [0.1, 0.15) is 5.75 Å². The van der Waals surface area contributed by atoms with Crippen molar-refractivity contribution >= 4 is 17.5 Å². The fourth-order valence-electron chi connectivity index (χ4n) is 1.63. The molecule has 1 aromatic carbocycles. The first-order valence-corrected chi connectivity index (χ1v) is 7.69. The molecule has 1 aromatic rings. The molecule has 1 atom stereocenters. The molecule has 0 heterocycles. The SMILES string of the molecule is CCOc1ccc(C(C)=O)cc1CSCC(C)CO. The van der Waals surface area contributed by atoms with E-state index in [0.29, 0.717) is 12.2 Å². The first kappa shape index (κ1) is 16.1. The highest BCUT2D eigenvalue weighted by molar-refractivity contribution is 7.98. The van der Waals surface area contributed by atoms with E-state index in [1.807, 2.05) is 26.0 Å². The van der Waals surface area contributed by atoms with E-state index < -0.39 is 0 Å². The number of Topliss-reactive ketones (excluding diaryl/α,β-unsaturated/α-hetero) is 1. The molecule has 106 valence electrons. The molecule has 0 bridgehead atoms. The molecule has 1 unspecified atom stereocenters. The quantitative estimate of drug-likeness (QED) is 0.744. The van der Waals surface area contributed by atoms with Crippen LogP contribution >= 0.6 is 11.8 Å². The zero-order chi connectivity index (χ0) is 14.3. The average Bonchev–Trinajstić information content (AvgIpc) is 2.40. The van der Waals surface area contributed by atoms with E-state index in [0.717, 1.165) is 22.8 Å². The Morgan fingerprint density at radius 3 is 2.79 bits per heavy atom. The monoisotopic (exact) mass is 282 g/mol. The van der Waals surface area contributed by atoms with Crippen LogP contribution in [0.15, 0.2) is 18.2 Å². The first-order chi connectivity index (χ1) is 9.08. The van der Waals surface area contributed by atoms with Crippen LogP contribution in [0.2, 0.25) is 0 Å². The van der Waals surface area contributed by atoms with Gasteiger partial charge in [-0.15, -0.1) is 0 Å². The second-order valence-electron chi connectivity index (χ2n) is 4.61. The largest absolute Gasteiger partial charge is 0.494 e. The van der Waals surface area contributed by atoms with Crippen LogP contribution < -0.4 is 4.74 Å². The third-order valence-electron chi connectivity index (χ3n) is 2.74. The molecule has 0 aliphatic heterocycles. The highest BCUT2D eigenvalue weighted by Gasteiger charge is 2.09. The van der Waals surface area contributed by atoms with Gasteiger partial charge in [0.05, 0.1) is 6.61 Å². The van der Waals surface area contributed by atoms with Gasteiger partial charge in [-0.3, -0.25) is 4.79 Å². The van der Waals surface area contributed by atoms with Crippen molar-refractivity contribution in [3.8, 4) is 5.75 Å². The molecule has 0 saturated carbocycles. The Morgan fingerprint density at radius 2 is 2.21 bits per heavy atom. The summed E-state index contributed by atoms with van der Waals surface area (Å²) in [4.78, 5) is 11.4. The second-order valence-corrected chi connectivity index (χ2v) is 5.64. The summed E-state index contributed by atoms with van der Waals surface area (Å²) in [6.45, 7) is 6.36. The standard InChI is InChI=1S/C15H22O3S/c1-4-18-15-6-5-13(12(3)17)7-14(15)10-19-9-11(2)8-16/h5-7,11,16H,4,8-10H2,1-3H3. The lowest BCUT2D eigenvalue weighted by atomic mass is 10.1. The molecule has 0 radical (unpaired) electrons. The Morgan fingerprint density at radius 1 is 1.47 bits per heavy atom. The van der Waals surface area contributed by atoms with Crippen molar-refractivity contribution in [2.24, 2.45) is 5.92 Å². The van der Waals surface area contributed by atoms with Crippen LogP contribution in [-0.4, -0.2) is 29.9 Å². The van der Waals surface area contributed by atoms with Gasteiger partial charge in [-0.1, -0.05) is 6.92 Å². The number of ketones is 1. The number of rotatable bonds is 8. The number of carbonyl (C=O) groups is 1. The van der Waals surface area contributed by atoms with Gasteiger partial charge in [0, 0.05) is 23.5 Å². The van der Waals surface area contributed by atoms with E-state index in [1.165, 1.54) is 0 Å². The minimum absolute atomic E-state index is 0.0676. The Labute approximate surface area is 119 Å². The molecule has 0 amide bonds. The summed E-state index contributed by atoms with van der Waals surface area (Å²) < 4.78 is 5.58. The van der Waals surface area contributed by atoms with Crippen molar-refractivity contribution in [2.45, 2.75) is 26.5 Å². The zero-order valence-electron chi connectivity index (χ0n) is 11.8. The van der Waals surface area contributed by atoms with Crippen LogP contribution in [0.4, 0.5) is 0 Å². The first-order valence-electron chi connectivity index (χ1n) is 6.53. The number of benzene rings is 1. The number of ether oxygens (including phenoxy) is 1. The minimum Gasteiger partial charge on any atom is -0.494 e. The van der Waals surface area contributed by atoms with Gasteiger partial charge in [0.15, 0.2) is 5.78 Å². The zero-order valence-corrected chi connectivity index (χ0v) is 12.6. The van der Waals surface area contributed by atoms with Crippen molar-refractivity contribution in [1.82, 2.24) is 0 Å². The molecular formula is C15H22O3S. The van der Waals surface area contributed by atoms with Crippen LogP contribution in [0.25, 0.3) is 0 Å². The van der Waals surface area contributed by atoms with Crippen molar-refractivity contribution in [2.75, 3.05) is 19.0 Å². The number of aliphatic hydroxyl groups excluding tert-OH is 1. The molecule has 0 spiro atoms. The fraction of sp³-hybridized carbons (Fsp3) is 0.533. The van der Waals surface area contributed by atoms with E-state index in [1.54, 1.807) is 24.8 Å². The van der Waals surface area contributed by atoms with Gasteiger partial charge in [-0.25, -0.2) is 0 Å². The number of hydrogen-bond donors (Lipinski definition) is 1. The second kappa shape index (κ2) is 8.23. The minimum atomic E-state index is 0.0676. The topological polar surface area (TPSA) is 46.5 Å². The molecule has 0 saturated heterocycles. The summed E-state index contributed by atoms with van der Waals surface area (Å²) in [5.74, 6) is 2.89. The van der Waals surface area contributed by atoms with Crippen LogP contribution in [0.3, 0.4) is 0 Å². The summed E-state index contributed by atoms with van der Waals surface area (Å²) in [5, 5.41) is 9.01. The smallest absolute Gasteiger partial charge is 0.159 e. The van der Waals surface area contributed by atoms with E-state index >= 15 is 0 Å². The molecule has 1 N–H and O–H groups in total. The van der Waals surface area contributed by atoms with Gasteiger partial charge in [0.2, 0.25) is 0 Å². The number of carbonyl (C=O) groups excluding carboxylic acids is 1. The normalized spacial score (nSPS) is 12.2. The molecule has 0 aliphatic rings. The summed E-state index contributed by atoms with van der Waals surface area (Å²) in [6.07, 6.45) is 0. The maximum Gasteiger partial charge on any atom is 0.159 e. The van der Waals surface area contributed by atoms with Crippen LogP contribution in [-0.2, 0) is 5.75 Å². The number of thioether (sulfide) groups is 1. The molecular weight excluding hydrogens is 260 g/mol. The van der Waals surface area contributed by atoms with Crippen LogP contribution in [0.1, 0.15) is 36.7 Å². The summed E-state index contributed by atoms with van der Waals surface area (Å²) in [5.41, 5.74) is 1.76. The lowest BCUT2D eigenvalue weighted by Crippen LogP contribution is -2.04. The van der Waals surface area contributed by atoms with Crippen molar-refractivity contribution < 1.29 is 14.6 Å². The summed E-state index contributed by atoms with van der Waals surface area (Å²) >= 11 is 1.75. The third kappa shape index (κ3) is 5.25. The van der Waals surface area contributed by atoms with Gasteiger partial charge in [0.25, 0.3) is 0 Å². The molecule has 3 nitrogen and oxygen atoms in total. The average molecular weight is 282 g/mol. The Bertz CT molecular complexity index is 418. The number of aliphatic hydroxyl groups is 1.